The van der Waals surface area contributed by atoms with E-state index in [1.165, 1.54) is 35.3 Å². The normalized spacial score (nSPS) is 16.6. The third-order valence-corrected chi connectivity index (χ3v) is 6.86. The fraction of sp³-hybridized carbons (Fsp3) is 0.429. The second-order valence-corrected chi connectivity index (χ2v) is 8.91. The Balaban J connectivity index is 1.24. The van der Waals surface area contributed by atoms with E-state index in [0.717, 1.165) is 28.7 Å². The first-order valence-electron chi connectivity index (χ1n) is 10.3. The van der Waals surface area contributed by atoms with Gasteiger partial charge in [-0.1, -0.05) is 17.4 Å². The number of benzene rings is 1. The number of carbonyl (C=O) groups excluding carboxylic acids is 2. The fourth-order valence-corrected chi connectivity index (χ4v) is 5.20. The second-order valence-electron chi connectivity index (χ2n) is 7.88. The van der Waals surface area contributed by atoms with Crippen LogP contribution >= 0.6 is 11.3 Å². The first kappa shape index (κ1) is 19.0. The Bertz CT molecular complexity index is 1110. The van der Waals surface area contributed by atoms with Crippen LogP contribution in [-0.2, 0) is 29.5 Å². The van der Waals surface area contributed by atoms with Crippen LogP contribution in [0.5, 0.6) is 0 Å². The van der Waals surface area contributed by atoms with Crippen LogP contribution in [0.4, 0.5) is 10.8 Å². The van der Waals surface area contributed by atoms with Crippen molar-refractivity contribution in [1.82, 2.24) is 19.7 Å². The third-order valence-electron chi connectivity index (χ3n) is 5.92. The standard InChI is InChI=1S/C21H24N6O2S/c1-25-13-15(12-22-25)26-8-10-27(11-9-26)20(29)19(28)24-21-23-18-16-5-3-2-4-14(16)6-7-17(18)30-21/h6-7,12-13H,2-5,8-11H2,1H3,(H,23,24,28). The lowest BCUT2D eigenvalue weighted by molar-refractivity contribution is -0.143. The van der Waals surface area contributed by atoms with E-state index in [1.807, 2.05) is 19.4 Å². The molecule has 1 aliphatic carbocycles. The van der Waals surface area contributed by atoms with Gasteiger partial charge in [-0.2, -0.15) is 5.10 Å². The topological polar surface area (TPSA) is 83.4 Å². The van der Waals surface area contributed by atoms with Crippen LogP contribution < -0.4 is 10.2 Å². The molecule has 30 heavy (non-hydrogen) atoms. The first-order chi connectivity index (χ1) is 14.6. The lowest BCUT2D eigenvalue weighted by Gasteiger charge is -2.34. The van der Waals surface area contributed by atoms with E-state index in [2.05, 4.69) is 32.4 Å². The number of hydrogen-bond donors (Lipinski definition) is 1. The Morgan fingerprint density at radius 3 is 2.67 bits per heavy atom. The molecule has 3 heterocycles. The number of piperazine rings is 1. The molecule has 1 fully saturated rings. The Kier molecular flexibility index (Phi) is 4.90. The Hall–Kier alpha value is -2.94. The predicted octanol–water partition coefficient (Wildman–Crippen LogP) is 2.20. The summed E-state index contributed by atoms with van der Waals surface area (Å²) in [5.41, 5.74) is 4.67. The molecule has 8 nitrogen and oxygen atoms in total. The molecule has 0 unspecified atom stereocenters. The SMILES string of the molecule is Cn1cc(N2CCN(C(=O)C(=O)Nc3nc4c5c(ccc4s3)CCCC5)CC2)cn1. The molecule has 9 heteroatoms. The summed E-state index contributed by atoms with van der Waals surface area (Å²) in [7, 11) is 1.88. The summed E-state index contributed by atoms with van der Waals surface area (Å²) in [6.45, 7) is 2.37. The number of aryl methyl sites for hydroxylation is 3. The largest absolute Gasteiger partial charge is 0.365 e. The van der Waals surface area contributed by atoms with Gasteiger partial charge in [-0.15, -0.1) is 0 Å². The van der Waals surface area contributed by atoms with Crippen LogP contribution in [0.3, 0.4) is 0 Å². The summed E-state index contributed by atoms with van der Waals surface area (Å²) < 4.78 is 2.82. The number of hydrogen-bond acceptors (Lipinski definition) is 6. The van der Waals surface area contributed by atoms with Crippen LogP contribution in [0.2, 0.25) is 0 Å². The lowest BCUT2D eigenvalue weighted by atomic mass is 9.91. The fourth-order valence-electron chi connectivity index (χ4n) is 4.31. The Morgan fingerprint density at radius 2 is 1.90 bits per heavy atom. The van der Waals surface area contributed by atoms with Crippen molar-refractivity contribution >= 4 is 44.2 Å². The van der Waals surface area contributed by atoms with E-state index in [-0.39, 0.29) is 0 Å². The molecule has 5 rings (SSSR count). The molecule has 0 spiro atoms. The van der Waals surface area contributed by atoms with Gasteiger partial charge in [-0.3, -0.25) is 19.6 Å². The van der Waals surface area contributed by atoms with Gasteiger partial charge in [0.05, 0.1) is 22.1 Å². The molecular formula is C21H24N6O2S. The van der Waals surface area contributed by atoms with Crippen molar-refractivity contribution in [1.29, 1.82) is 0 Å². The molecule has 156 valence electrons. The summed E-state index contributed by atoms with van der Waals surface area (Å²) in [5.74, 6) is -1.11. The van der Waals surface area contributed by atoms with Crippen LogP contribution in [0.15, 0.2) is 24.5 Å². The van der Waals surface area contributed by atoms with Crippen molar-refractivity contribution in [3.8, 4) is 0 Å². The predicted molar refractivity (Wildman–Crippen MR) is 117 cm³/mol. The number of fused-ring (bicyclic) bond motifs is 3. The maximum atomic E-state index is 12.7. The summed E-state index contributed by atoms with van der Waals surface area (Å²) in [4.78, 5) is 33.6. The molecule has 1 aliphatic heterocycles. The Morgan fingerprint density at radius 1 is 1.10 bits per heavy atom. The zero-order valence-corrected chi connectivity index (χ0v) is 17.7. The monoisotopic (exact) mass is 424 g/mol. The molecule has 1 aromatic carbocycles. The highest BCUT2D eigenvalue weighted by Gasteiger charge is 2.27. The number of carbonyl (C=O) groups is 2. The number of anilines is 2. The van der Waals surface area contributed by atoms with E-state index >= 15 is 0 Å². The third kappa shape index (κ3) is 3.54. The van der Waals surface area contributed by atoms with Gasteiger partial charge >= 0.3 is 11.8 Å². The van der Waals surface area contributed by atoms with E-state index in [9.17, 15) is 9.59 Å². The number of nitrogens with one attached hydrogen (secondary N) is 1. The highest BCUT2D eigenvalue weighted by Crippen LogP contribution is 2.33. The van der Waals surface area contributed by atoms with Gasteiger partial charge < -0.3 is 9.80 Å². The zero-order valence-electron chi connectivity index (χ0n) is 16.9. The molecule has 1 N–H and O–H groups in total. The number of nitrogens with zero attached hydrogens (tertiary/aromatic N) is 5. The van der Waals surface area contributed by atoms with E-state index in [0.29, 0.717) is 31.3 Å². The highest BCUT2D eigenvalue weighted by molar-refractivity contribution is 7.22. The summed E-state index contributed by atoms with van der Waals surface area (Å²) in [6.07, 6.45) is 8.29. The molecule has 1 saturated heterocycles. The second kappa shape index (κ2) is 7.71. The van der Waals surface area contributed by atoms with Gasteiger partial charge in [0.2, 0.25) is 0 Å². The quantitative estimate of drug-likeness (QED) is 0.638. The maximum Gasteiger partial charge on any atom is 0.315 e. The zero-order chi connectivity index (χ0) is 20.7. The first-order valence-corrected chi connectivity index (χ1v) is 11.2. The van der Waals surface area contributed by atoms with Gasteiger partial charge in [-0.25, -0.2) is 4.98 Å². The molecule has 2 aliphatic rings. The van der Waals surface area contributed by atoms with Crippen molar-refractivity contribution in [3.63, 3.8) is 0 Å². The van der Waals surface area contributed by atoms with E-state index in [4.69, 9.17) is 0 Å². The van der Waals surface area contributed by atoms with Crippen molar-refractivity contribution in [2.45, 2.75) is 25.7 Å². The van der Waals surface area contributed by atoms with Crippen LogP contribution in [-0.4, -0.2) is 57.7 Å². The van der Waals surface area contributed by atoms with Gasteiger partial charge in [0, 0.05) is 39.4 Å². The van der Waals surface area contributed by atoms with Crippen molar-refractivity contribution in [2.75, 3.05) is 36.4 Å². The van der Waals surface area contributed by atoms with Gasteiger partial charge in [0.1, 0.15) is 0 Å². The van der Waals surface area contributed by atoms with Gasteiger partial charge in [0.25, 0.3) is 0 Å². The van der Waals surface area contributed by atoms with Crippen LogP contribution in [0.25, 0.3) is 10.2 Å². The van der Waals surface area contributed by atoms with Crippen LogP contribution in [0.1, 0.15) is 24.0 Å². The van der Waals surface area contributed by atoms with E-state index in [1.54, 1.807) is 9.58 Å². The Labute approximate surface area is 178 Å². The van der Waals surface area contributed by atoms with Crippen LogP contribution in [0, 0.1) is 0 Å². The van der Waals surface area contributed by atoms with Crippen molar-refractivity contribution in [2.24, 2.45) is 7.05 Å². The minimum atomic E-state index is -0.613. The molecule has 0 bridgehead atoms. The molecular weight excluding hydrogens is 400 g/mol. The minimum Gasteiger partial charge on any atom is -0.365 e. The van der Waals surface area contributed by atoms with Crippen molar-refractivity contribution in [3.05, 3.63) is 35.7 Å². The summed E-state index contributed by atoms with van der Waals surface area (Å²) in [5, 5.41) is 7.42. The molecule has 0 saturated carbocycles. The number of thiazole rings is 1. The lowest BCUT2D eigenvalue weighted by Crippen LogP contribution is -2.51. The number of amides is 2. The molecule has 0 radical (unpaired) electrons. The number of rotatable bonds is 2. The highest BCUT2D eigenvalue weighted by atomic mass is 32.1. The van der Waals surface area contributed by atoms with Crippen molar-refractivity contribution < 1.29 is 9.59 Å². The summed E-state index contributed by atoms with van der Waals surface area (Å²) in [6, 6.07) is 4.25. The number of aromatic nitrogens is 3. The molecule has 2 aromatic heterocycles. The van der Waals surface area contributed by atoms with Gasteiger partial charge in [-0.05, 0) is 42.9 Å². The molecule has 2 amide bonds. The molecule has 0 atom stereocenters. The average molecular weight is 425 g/mol. The van der Waals surface area contributed by atoms with Gasteiger partial charge in [0.15, 0.2) is 5.13 Å². The molecule has 3 aromatic rings. The van der Waals surface area contributed by atoms with E-state index < -0.39 is 11.8 Å². The smallest absolute Gasteiger partial charge is 0.315 e. The minimum absolute atomic E-state index is 0.497. The maximum absolute atomic E-state index is 12.7. The average Bonchev–Trinajstić information content (AvgIpc) is 3.39. The summed E-state index contributed by atoms with van der Waals surface area (Å²) >= 11 is 1.43.